The number of benzene rings is 1. The fraction of sp³-hybridized carbons (Fsp3) is 0.312. The van der Waals surface area contributed by atoms with E-state index < -0.39 is 0 Å². The fourth-order valence-corrected chi connectivity index (χ4v) is 3.28. The van der Waals surface area contributed by atoms with E-state index in [2.05, 4.69) is 19.2 Å². The van der Waals surface area contributed by atoms with Crippen molar-refractivity contribution in [1.29, 1.82) is 0 Å². The van der Waals surface area contributed by atoms with Gasteiger partial charge in [-0.15, -0.1) is 11.3 Å². The Morgan fingerprint density at radius 3 is 2.58 bits per heavy atom. The minimum atomic E-state index is -0.00625. The maximum absolute atomic E-state index is 12.2. The number of rotatable bonds is 5. The number of carbonyl (C=O) groups excluding carboxylic acids is 1. The van der Waals surface area contributed by atoms with Gasteiger partial charge in [0.25, 0.3) is 5.91 Å². The maximum Gasteiger partial charge on any atom is 0.265 e. The lowest BCUT2D eigenvalue weighted by Gasteiger charge is -2.02. The van der Waals surface area contributed by atoms with Gasteiger partial charge < -0.3 is 5.32 Å². The van der Waals surface area contributed by atoms with Crippen LogP contribution in [0, 0.1) is 0 Å². The molecule has 0 aliphatic carbocycles. The summed E-state index contributed by atoms with van der Waals surface area (Å²) in [6.45, 7) is 4.31. The van der Waals surface area contributed by atoms with Gasteiger partial charge in [-0.3, -0.25) is 4.79 Å². The minimum absolute atomic E-state index is 0.00625. The van der Waals surface area contributed by atoms with E-state index in [9.17, 15) is 4.79 Å². The fourth-order valence-electron chi connectivity index (χ4n) is 2.03. The van der Waals surface area contributed by atoms with Crippen molar-refractivity contribution in [2.75, 3.05) is 5.32 Å². The molecule has 19 heavy (non-hydrogen) atoms. The molecule has 1 aromatic carbocycles. The highest BCUT2D eigenvalue weighted by Gasteiger charge is 2.13. The monoisotopic (exact) mass is 273 g/mol. The summed E-state index contributed by atoms with van der Waals surface area (Å²) >= 11 is 1.62. The summed E-state index contributed by atoms with van der Waals surface area (Å²) in [5, 5.41) is 2.94. The van der Waals surface area contributed by atoms with E-state index in [4.69, 9.17) is 0 Å². The van der Waals surface area contributed by atoms with Crippen LogP contribution < -0.4 is 5.32 Å². The van der Waals surface area contributed by atoms with E-state index in [0.29, 0.717) is 0 Å². The standard InChI is InChI=1S/C16H19NOS/c1-3-8-14-12(4-2)11-15(19-14)16(18)17-13-9-6-5-7-10-13/h5-7,9-11H,3-4,8H2,1-2H3,(H,17,18). The van der Waals surface area contributed by atoms with Crippen molar-refractivity contribution in [3.05, 3.63) is 51.7 Å². The van der Waals surface area contributed by atoms with Crippen molar-refractivity contribution in [3.8, 4) is 0 Å². The van der Waals surface area contributed by atoms with Crippen LogP contribution in [0.1, 0.15) is 40.4 Å². The zero-order valence-corrected chi connectivity index (χ0v) is 12.2. The highest BCUT2D eigenvalue weighted by atomic mass is 32.1. The second-order valence-electron chi connectivity index (χ2n) is 4.48. The van der Waals surface area contributed by atoms with Crippen LogP contribution in [-0.2, 0) is 12.8 Å². The van der Waals surface area contributed by atoms with Gasteiger partial charge in [0.15, 0.2) is 0 Å². The Kier molecular flexibility index (Phi) is 4.74. The van der Waals surface area contributed by atoms with Crippen molar-refractivity contribution in [2.24, 2.45) is 0 Å². The summed E-state index contributed by atoms with van der Waals surface area (Å²) in [5.41, 5.74) is 2.15. The molecule has 3 heteroatoms. The quantitative estimate of drug-likeness (QED) is 0.853. The first kappa shape index (κ1) is 13.8. The van der Waals surface area contributed by atoms with Crippen molar-refractivity contribution in [2.45, 2.75) is 33.1 Å². The van der Waals surface area contributed by atoms with Crippen LogP contribution in [0.25, 0.3) is 0 Å². The summed E-state index contributed by atoms with van der Waals surface area (Å²) < 4.78 is 0. The van der Waals surface area contributed by atoms with Gasteiger partial charge in [-0.25, -0.2) is 0 Å². The van der Waals surface area contributed by atoms with Gasteiger partial charge in [-0.1, -0.05) is 38.5 Å². The molecule has 1 amide bonds. The Bertz CT molecular complexity index is 545. The van der Waals surface area contributed by atoms with Crippen LogP contribution >= 0.6 is 11.3 Å². The van der Waals surface area contributed by atoms with Crippen molar-refractivity contribution < 1.29 is 4.79 Å². The smallest absolute Gasteiger partial charge is 0.265 e. The third kappa shape index (κ3) is 3.44. The topological polar surface area (TPSA) is 29.1 Å². The molecule has 0 bridgehead atoms. The van der Waals surface area contributed by atoms with Gasteiger partial charge in [0.2, 0.25) is 0 Å². The van der Waals surface area contributed by atoms with E-state index in [1.54, 1.807) is 11.3 Å². The molecule has 0 fully saturated rings. The minimum Gasteiger partial charge on any atom is -0.321 e. The highest BCUT2D eigenvalue weighted by molar-refractivity contribution is 7.14. The van der Waals surface area contributed by atoms with Crippen LogP contribution in [0.2, 0.25) is 0 Å². The lowest BCUT2D eigenvalue weighted by molar-refractivity contribution is 0.103. The van der Waals surface area contributed by atoms with Gasteiger partial charge in [-0.2, -0.15) is 0 Å². The van der Waals surface area contributed by atoms with Crippen LogP contribution in [0.4, 0.5) is 5.69 Å². The molecule has 1 heterocycles. The Morgan fingerprint density at radius 2 is 1.95 bits per heavy atom. The van der Waals surface area contributed by atoms with Crippen molar-refractivity contribution in [3.63, 3.8) is 0 Å². The summed E-state index contributed by atoms with van der Waals surface area (Å²) in [6.07, 6.45) is 3.17. The van der Waals surface area contributed by atoms with Gasteiger partial charge in [0, 0.05) is 10.6 Å². The van der Waals surface area contributed by atoms with Gasteiger partial charge in [0.05, 0.1) is 4.88 Å². The lowest BCUT2D eigenvalue weighted by Crippen LogP contribution is -2.09. The Hall–Kier alpha value is -1.61. The van der Waals surface area contributed by atoms with E-state index in [-0.39, 0.29) is 5.91 Å². The third-order valence-electron chi connectivity index (χ3n) is 3.01. The molecule has 1 aromatic heterocycles. The Labute approximate surface area is 118 Å². The number of para-hydroxylation sites is 1. The Balaban J connectivity index is 2.15. The van der Waals surface area contributed by atoms with E-state index in [0.717, 1.165) is 29.8 Å². The van der Waals surface area contributed by atoms with E-state index in [1.165, 1.54) is 10.4 Å². The average Bonchev–Trinajstić information content (AvgIpc) is 2.83. The highest BCUT2D eigenvalue weighted by Crippen LogP contribution is 2.25. The number of carbonyl (C=O) groups is 1. The predicted octanol–water partition coefficient (Wildman–Crippen LogP) is 4.52. The van der Waals surface area contributed by atoms with Crippen molar-refractivity contribution >= 4 is 22.9 Å². The van der Waals surface area contributed by atoms with E-state index >= 15 is 0 Å². The largest absolute Gasteiger partial charge is 0.321 e. The molecule has 1 N–H and O–H groups in total. The first-order chi connectivity index (χ1) is 9.24. The van der Waals surface area contributed by atoms with E-state index in [1.807, 2.05) is 36.4 Å². The number of nitrogens with one attached hydrogen (secondary N) is 1. The molecular formula is C16H19NOS. The van der Waals surface area contributed by atoms with Crippen molar-refractivity contribution in [1.82, 2.24) is 0 Å². The number of amides is 1. The van der Waals surface area contributed by atoms with Crippen LogP contribution in [-0.4, -0.2) is 5.91 Å². The summed E-state index contributed by atoms with van der Waals surface area (Å²) in [7, 11) is 0. The number of hydrogen-bond acceptors (Lipinski definition) is 2. The normalized spacial score (nSPS) is 10.4. The molecule has 0 spiro atoms. The number of thiophene rings is 1. The first-order valence-corrected chi connectivity index (χ1v) is 7.54. The number of aryl methyl sites for hydroxylation is 2. The van der Waals surface area contributed by atoms with Gasteiger partial charge in [-0.05, 0) is 36.6 Å². The molecule has 0 saturated carbocycles. The SMILES string of the molecule is CCCc1sc(C(=O)Nc2ccccc2)cc1CC. The maximum atomic E-state index is 12.2. The van der Waals surface area contributed by atoms with Gasteiger partial charge >= 0.3 is 0 Å². The molecular weight excluding hydrogens is 254 g/mol. The molecule has 0 saturated heterocycles. The molecule has 0 unspecified atom stereocenters. The zero-order valence-electron chi connectivity index (χ0n) is 11.4. The second-order valence-corrected chi connectivity index (χ2v) is 5.62. The number of hydrogen-bond donors (Lipinski definition) is 1. The van der Waals surface area contributed by atoms with Crippen LogP contribution in [0.5, 0.6) is 0 Å². The first-order valence-electron chi connectivity index (χ1n) is 6.72. The molecule has 100 valence electrons. The van der Waals surface area contributed by atoms with Gasteiger partial charge in [0.1, 0.15) is 0 Å². The summed E-state index contributed by atoms with van der Waals surface area (Å²) in [4.78, 5) is 14.4. The molecule has 2 aromatic rings. The second kappa shape index (κ2) is 6.53. The third-order valence-corrected chi connectivity index (χ3v) is 4.25. The molecule has 2 rings (SSSR count). The average molecular weight is 273 g/mol. The molecule has 0 radical (unpaired) electrons. The van der Waals surface area contributed by atoms with Crippen LogP contribution in [0.15, 0.2) is 36.4 Å². The molecule has 2 nitrogen and oxygen atoms in total. The molecule has 0 aliphatic rings. The lowest BCUT2D eigenvalue weighted by atomic mass is 10.1. The van der Waals surface area contributed by atoms with Crippen LogP contribution in [0.3, 0.4) is 0 Å². The predicted molar refractivity (Wildman–Crippen MR) is 82.1 cm³/mol. The summed E-state index contributed by atoms with van der Waals surface area (Å²) in [6, 6.07) is 11.6. The number of anilines is 1. The Morgan fingerprint density at radius 1 is 1.21 bits per heavy atom. The molecule has 0 aliphatic heterocycles. The zero-order chi connectivity index (χ0) is 13.7. The summed E-state index contributed by atoms with van der Waals surface area (Å²) in [5.74, 6) is -0.00625. The molecule has 0 atom stereocenters.